The summed E-state index contributed by atoms with van der Waals surface area (Å²) in [6.45, 7) is 6.57. The molecule has 0 aromatic carbocycles. The molecule has 0 fully saturated rings. The van der Waals surface area contributed by atoms with Gasteiger partial charge in [-0.1, -0.05) is 6.92 Å². The predicted molar refractivity (Wildman–Crippen MR) is 65.0 cm³/mol. The van der Waals surface area contributed by atoms with Crippen molar-refractivity contribution in [1.29, 1.82) is 0 Å². The molecule has 0 spiro atoms. The van der Waals surface area contributed by atoms with Crippen molar-refractivity contribution in [3.8, 4) is 0 Å². The number of rotatable bonds is 6. The van der Waals surface area contributed by atoms with E-state index in [4.69, 9.17) is 5.11 Å². The third-order valence-corrected chi connectivity index (χ3v) is 3.46. The number of hydrogen-bond donors (Lipinski definition) is 1. The highest BCUT2D eigenvalue weighted by Crippen LogP contribution is 2.14. The number of thioether (sulfide) groups is 1. The molecule has 0 aliphatic rings. The first-order chi connectivity index (χ1) is 7.13. The lowest BCUT2D eigenvalue weighted by atomic mass is 10.2. The van der Waals surface area contributed by atoms with Crippen LogP contribution in [0.2, 0.25) is 0 Å². The summed E-state index contributed by atoms with van der Waals surface area (Å²) in [4.78, 5) is 0. The normalized spacial score (nSPS) is 13.4. The van der Waals surface area contributed by atoms with Gasteiger partial charge in [0.2, 0.25) is 0 Å². The maximum Gasteiger partial charge on any atom is 0.0723 e. The SMILES string of the molecule is CC(CO)CSCc1ccn(C(C)C)n1. The van der Waals surface area contributed by atoms with Crippen LogP contribution in [-0.4, -0.2) is 27.2 Å². The molecule has 3 nitrogen and oxygen atoms in total. The molecule has 15 heavy (non-hydrogen) atoms. The Hall–Kier alpha value is -0.480. The van der Waals surface area contributed by atoms with Crippen LogP contribution in [0.5, 0.6) is 0 Å². The smallest absolute Gasteiger partial charge is 0.0723 e. The number of aliphatic hydroxyl groups excluding tert-OH is 1. The summed E-state index contributed by atoms with van der Waals surface area (Å²) in [6, 6.07) is 2.50. The third kappa shape index (κ3) is 4.26. The summed E-state index contributed by atoms with van der Waals surface area (Å²) in [6.07, 6.45) is 2.02. The molecule has 1 unspecified atom stereocenters. The van der Waals surface area contributed by atoms with Gasteiger partial charge >= 0.3 is 0 Å². The molecule has 1 aromatic heterocycles. The Bertz CT molecular complexity index is 286. The predicted octanol–water partition coefficient (Wildman–Crippen LogP) is 2.33. The minimum atomic E-state index is 0.271. The first-order valence-electron chi connectivity index (χ1n) is 5.36. The fraction of sp³-hybridized carbons (Fsp3) is 0.727. The van der Waals surface area contributed by atoms with Crippen LogP contribution in [0.1, 0.15) is 32.5 Å². The minimum absolute atomic E-state index is 0.271. The van der Waals surface area contributed by atoms with Gasteiger partial charge in [0, 0.05) is 24.6 Å². The highest BCUT2D eigenvalue weighted by atomic mass is 32.2. The van der Waals surface area contributed by atoms with Gasteiger partial charge in [0.25, 0.3) is 0 Å². The van der Waals surface area contributed by atoms with Crippen molar-refractivity contribution in [3.05, 3.63) is 18.0 Å². The first kappa shape index (κ1) is 12.6. The van der Waals surface area contributed by atoms with Crippen molar-refractivity contribution in [1.82, 2.24) is 9.78 Å². The largest absolute Gasteiger partial charge is 0.396 e. The van der Waals surface area contributed by atoms with Crippen molar-refractivity contribution in [2.45, 2.75) is 32.6 Å². The highest BCUT2D eigenvalue weighted by Gasteiger charge is 2.04. The lowest BCUT2D eigenvalue weighted by Gasteiger charge is -2.06. The average Bonchev–Trinajstić information content (AvgIpc) is 2.66. The maximum absolute atomic E-state index is 8.88. The molecule has 1 heterocycles. The molecular formula is C11H20N2OS. The van der Waals surface area contributed by atoms with Gasteiger partial charge in [-0.2, -0.15) is 16.9 Å². The monoisotopic (exact) mass is 228 g/mol. The van der Waals surface area contributed by atoms with Gasteiger partial charge in [-0.25, -0.2) is 0 Å². The van der Waals surface area contributed by atoms with Gasteiger partial charge in [0.05, 0.1) is 5.69 Å². The number of hydrogen-bond acceptors (Lipinski definition) is 3. The van der Waals surface area contributed by atoms with E-state index in [1.165, 1.54) is 0 Å². The Morgan fingerprint density at radius 3 is 2.73 bits per heavy atom. The van der Waals surface area contributed by atoms with Gasteiger partial charge < -0.3 is 5.11 Å². The van der Waals surface area contributed by atoms with Crippen LogP contribution in [0.3, 0.4) is 0 Å². The van der Waals surface area contributed by atoms with E-state index in [2.05, 4.69) is 31.9 Å². The number of nitrogens with zero attached hydrogens (tertiary/aromatic N) is 2. The molecule has 0 bridgehead atoms. The summed E-state index contributed by atoms with van der Waals surface area (Å²) in [5.41, 5.74) is 1.12. The van der Waals surface area contributed by atoms with E-state index in [-0.39, 0.29) is 6.61 Å². The van der Waals surface area contributed by atoms with Crippen molar-refractivity contribution in [2.75, 3.05) is 12.4 Å². The van der Waals surface area contributed by atoms with Gasteiger partial charge in [-0.15, -0.1) is 0 Å². The van der Waals surface area contributed by atoms with Crippen molar-refractivity contribution >= 4 is 11.8 Å². The molecule has 0 radical (unpaired) electrons. The quantitative estimate of drug-likeness (QED) is 0.812. The fourth-order valence-corrected chi connectivity index (χ4v) is 2.15. The molecule has 1 rings (SSSR count). The second-order valence-electron chi connectivity index (χ2n) is 4.18. The van der Waals surface area contributed by atoms with Crippen molar-refractivity contribution < 1.29 is 5.11 Å². The first-order valence-corrected chi connectivity index (χ1v) is 6.51. The zero-order valence-electron chi connectivity index (χ0n) is 9.68. The standard InChI is InChI=1S/C11H20N2OS/c1-9(2)13-5-4-11(12-13)8-15-7-10(3)6-14/h4-5,9-10,14H,6-8H2,1-3H3. The van der Waals surface area contributed by atoms with E-state index in [1.807, 2.05) is 22.6 Å². The topological polar surface area (TPSA) is 38.0 Å². The zero-order valence-corrected chi connectivity index (χ0v) is 10.5. The lowest BCUT2D eigenvalue weighted by molar-refractivity contribution is 0.250. The molecule has 0 saturated carbocycles. The lowest BCUT2D eigenvalue weighted by Crippen LogP contribution is -2.04. The molecule has 0 aliphatic heterocycles. The molecular weight excluding hydrogens is 208 g/mol. The van der Waals surface area contributed by atoms with Gasteiger partial charge in [0.15, 0.2) is 0 Å². The van der Waals surface area contributed by atoms with Gasteiger partial charge in [-0.3, -0.25) is 4.68 Å². The number of aromatic nitrogens is 2. The van der Waals surface area contributed by atoms with Crippen LogP contribution in [0.15, 0.2) is 12.3 Å². The molecule has 1 atom stereocenters. The fourth-order valence-electron chi connectivity index (χ4n) is 1.16. The van der Waals surface area contributed by atoms with E-state index in [9.17, 15) is 0 Å². The molecule has 86 valence electrons. The zero-order chi connectivity index (χ0) is 11.3. The molecule has 0 amide bonds. The molecule has 1 N–H and O–H groups in total. The summed E-state index contributed by atoms with van der Waals surface area (Å²) in [5.74, 6) is 2.30. The Morgan fingerprint density at radius 2 is 2.20 bits per heavy atom. The van der Waals surface area contributed by atoms with Crippen LogP contribution in [-0.2, 0) is 5.75 Å². The third-order valence-electron chi connectivity index (χ3n) is 2.16. The van der Waals surface area contributed by atoms with Gasteiger partial charge in [-0.05, 0) is 31.6 Å². The summed E-state index contributed by atoms with van der Waals surface area (Å²) >= 11 is 1.83. The van der Waals surface area contributed by atoms with Crippen LogP contribution in [0, 0.1) is 5.92 Å². The Kier molecular flexibility index (Phi) is 5.19. The molecule has 0 aliphatic carbocycles. The van der Waals surface area contributed by atoms with Crippen molar-refractivity contribution in [3.63, 3.8) is 0 Å². The highest BCUT2D eigenvalue weighted by molar-refractivity contribution is 7.98. The van der Waals surface area contributed by atoms with Gasteiger partial charge in [0.1, 0.15) is 0 Å². The molecule has 0 saturated heterocycles. The summed E-state index contributed by atoms with van der Waals surface area (Å²) in [5, 5.41) is 13.3. The molecule has 1 aromatic rings. The Morgan fingerprint density at radius 1 is 1.47 bits per heavy atom. The summed E-state index contributed by atoms with van der Waals surface area (Å²) < 4.78 is 1.98. The molecule has 4 heteroatoms. The van der Waals surface area contributed by atoms with E-state index in [1.54, 1.807) is 0 Å². The van der Waals surface area contributed by atoms with Crippen LogP contribution in [0.25, 0.3) is 0 Å². The van der Waals surface area contributed by atoms with E-state index in [0.717, 1.165) is 17.2 Å². The van der Waals surface area contributed by atoms with Crippen LogP contribution in [0.4, 0.5) is 0 Å². The minimum Gasteiger partial charge on any atom is -0.396 e. The van der Waals surface area contributed by atoms with Crippen molar-refractivity contribution in [2.24, 2.45) is 5.92 Å². The Balaban J connectivity index is 2.31. The average molecular weight is 228 g/mol. The Labute approximate surface area is 95.9 Å². The van der Waals surface area contributed by atoms with E-state index in [0.29, 0.717) is 12.0 Å². The van der Waals surface area contributed by atoms with Crippen LogP contribution >= 0.6 is 11.8 Å². The maximum atomic E-state index is 8.88. The van der Waals surface area contributed by atoms with E-state index < -0.39 is 0 Å². The van der Waals surface area contributed by atoms with E-state index >= 15 is 0 Å². The number of aliphatic hydroxyl groups is 1. The second kappa shape index (κ2) is 6.18. The summed E-state index contributed by atoms with van der Waals surface area (Å²) in [7, 11) is 0. The van der Waals surface area contributed by atoms with Crippen LogP contribution < -0.4 is 0 Å². The second-order valence-corrected chi connectivity index (χ2v) is 5.21.